The zero-order chi connectivity index (χ0) is 14.7. The van der Waals surface area contributed by atoms with Crippen molar-refractivity contribution in [1.82, 2.24) is 4.90 Å². The number of nitrogens with zero attached hydrogens (tertiary/aromatic N) is 2. The van der Waals surface area contributed by atoms with E-state index >= 15 is 0 Å². The van der Waals surface area contributed by atoms with Gasteiger partial charge in [-0.15, -0.1) is 0 Å². The quantitative estimate of drug-likeness (QED) is 0.773. The highest BCUT2D eigenvalue weighted by molar-refractivity contribution is 6.03. The van der Waals surface area contributed by atoms with E-state index in [0.717, 1.165) is 0 Å². The molecule has 1 aromatic carbocycles. The fourth-order valence-electron chi connectivity index (χ4n) is 2.25. The Bertz CT molecular complexity index is 591. The van der Waals surface area contributed by atoms with E-state index in [1.54, 1.807) is 25.1 Å². The van der Waals surface area contributed by atoms with E-state index in [4.69, 9.17) is 9.47 Å². The lowest BCUT2D eigenvalue weighted by Gasteiger charge is -2.18. The second kappa shape index (κ2) is 5.61. The van der Waals surface area contributed by atoms with Gasteiger partial charge < -0.3 is 14.4 Å². The Morgan fingerprint density at radius 3 is 2.85 bits per heavy atom. The molecular weight excluding hydrogens is 260 g/mol. The van der Waals surface area contributed by atoms with Crippen molar-refractivity contribution in [3.63, 3.8) is 0 Å². The molecule has 104 valence electrons. The number of carbonyl (C=O) groups excluding carboxylic acids is 2. The Hall–Kier alpha value is -2.55. The molecule has 1 amide bonds. The maximum Gasteiger partial charge on any atom is 0.325 e. The number of methoxy groups -OCH3 is 1. The first-order valence-corrected chi connectivity index (χ1v) is 6.17. The first-order valence-electron chi connectivity index (χ1n) is 6.17. The molecule has 6 heteroatoms. The number of nitriles is 1. The van der Waals surface area contributed by atoms with Crippen LogP contribution in [0.5, 0.6) is 5.75 Å². The third-order valence-corrected chi connectivity index (χ3v) is 3.09. The van der Waals surface area contributed by atoms with E-state index in [0.29, 0.717) is 16.9 Å². The Balaban J connectivity index is 2.37. The minimum Gasteiger partial charge on any atom is -0.496 e. The summed E-state index contributed by atoms with van der Waals surface area (Å²) in [5.74, 6) is -0.524. The van der Waals surface area contributed by atoms with Crippen LogP contribution in [0.25, 0.3) is 0 Å². The molecule has 0 saturated heterocycles. The zero-order valence-electron chi connectivity index (χ0n) is 11.3. The third-order valence-electron chi connectivity index (χ3n) is 3.09. The predicted octanol–water partition coefficient (Wildman–Crippen LogP) is 1.28. The molecule has 0 bridgehead atoms. The van der Waals surface area contributed by atoms with Crippen molar-refractivity contribution in [3.05, 3.63) is 29.3 Å². The number of ether oxygens (including phenoxy) is 2. The van der Waals surface area contributed by atoms with Crippen LogP contribution < -0.4 is 4.74 Å². The standard InChI is InChI=1S/C14H14N2O4/c1-3-20-12(17)8-16-10(7-15)9-5-4-6-11(19-2)13(9)14(16)18/h4-6,10H,3,8H2,1-2H3. The zero-order valence-corrected chi connectivity index (χ0v) is 11.3. The van der Waals surface area contributed by atoms with E-state index in [1.807, 2.05) is 6.07 Å². The van der Waals surface area contributed by atoms with Gasteiger partial charge in [0.05, 0.1) is 25.3 Å². The predicted molar refractivity (Wildman–Crippen MR) is 69.0 cm³/mol. The molecule has 0 spiro atoms. The van der Waals surface area contributed by atoms with Gasteiger partial charge >= 0.3 is 5.97 Å². The van der Waals surface area contributed by atoms with E-state index in [-0.39, 0.29) is 13.2 Å². The Labute approximate surface area is 116 Å². The lowest BCUT2D eigenvalue weighted by atomic mass is 10.0. The number of hydrogen-bond donors (Lipinski definition) is 0. The SMILES string of the molecule is CCOC(=O)CN1C(=O)c2c(OC)cccc2C1C#N. The van der Waals surface area contributed by atoms with Crippen LogP contribution in [0.4, 0.5) is 0 Å². The average molecular weight is 274 g/mol. The average Bonchev–Trinajstić information content (AvgIpc) is 2.72. The van der Waals surface area contributed by atoms with Crippen LogP contribution in [0.3, 0.4) is 0 Å². The van der Waals surface area contributed by atoms with Gasteiger partial charge in [0.25, 0.3) is 5.91 Å². The maximum atomic E-state index is 12.4. The Morgan fingerprint density at radius 1 is 1.50 bits per heavy atom. The number of benzene rings is 1. The van der Waals surface area contributed by atoms with Crippen molar-refractivity contribution in [2.24, 2.45) is 0 Å². The summed E-state index contributed by atoms with van der Waals surface area (Å²) in [6, 6.07) is 6.30. The molecule has 0 radical (unpaired) electrons. The molecule has 0 aliphatic carbocycles. The summed E-state index contributed by atoms with van der Waals surface area (Å²) in [7, 11) is 1.46. The monoisotopic (exact) mass is 274 g/mol. The van der Waals surface area contributed by atoms with Gasteiger partial charge in [-0.2, -0.15) is 5.26 Å². The van der Waals surface area contributed by atoms with Crippen molar-refractivity contribution in [3.8, 4) is 11.8 Å². The van der Waals surface area contributed by atoms with E-state index < -0.39 is 17.9 Å². The second-order valence-electron chi connectivity index (χ2n) is 4.19. The van der Waals surface area contributed by atoms with Crippen LogP contribution in [-0.2, 0) is 9.53 Å². The van der Waals surface area contributed by atoms with Gasteiger partial charge in [0.1, 0.15) is 18.3 Å². The van der Waals surface area contributed by atoms with Crippen molar-refractivity contribution >= 4 is 11.9 Å². The maximum absolute atomic E-state index is 12.4. The summed E-state index contributed by atoms with van der Waals surface area (Å²) in [6.07, 6.45) is 0. The van der Waals surface area contributed by atoms with Gasteiger partial charge in [-0.3, -0.25) is 9.59 Å². The van der Waals surface area contributed by atoms with Crippen molar-refractivity contribution in [1.29, 1.82) is 5.26 Å². The number of rotatable bonds is 4. The molecule has 1 aromatic rings. The highest BCUT2D eigenvalue weighted by Crippen LogP contribution is 2.37. The molecule has 1 heterocycles. The molecule has 6 nitrogen and oxygen atoms in total. The van der Waals surface area contributed by atoms with Crippen LogP contribution in [0, 0.1) is 11.3 Å². The minimum atomic E-state index is -0.794. The molecule has 1 aliphatic rings. The Kier molecular flexibility index (Phi) is 3.89. The largest absolute Gasteiger partial charge is 0.496 e. The van der Waals surface area contributed by atoms with Crippen molar-refractivity contribution < 1.29 is 19.1 Å². The summed E-state index contributed by atoms with van der Waals surface area (Å²) in [5, 5.41) is 9.27. The summed E-state index contributed by atoms with van der Waals surface area (Å²) < 4.78 is 9.97. The topological polar surface area (TPSA) is 79.6 Å². The lowest BCUT2D eigenvalue weighted by molar-refractivity contribution is -0.144. The lowest BCUT2D eigenvalue weighted by Crippen LogP contribution is -2.33. The smallest absolute Gasteiger partial charge is 0.325 e. The molecule has 1 atom stereocenters. The van der Waals surface area contributed by atoms with Crippen molar-refractivity contribution in [2.45, 2.75) is 13.0 Å². The summed E-state index contributed by atoms with van der Waals surface area (Å²) in [4.78, 5) is 25.1. The van der Waals surface area contributed by atoms with Gasteiger partial charge in [0, 0.05) is 5.56 Å². The normalized spacial score (nSPS) is 16.6. The first kappa shape index (κ1) is 13.9. The van der Waals surface area contributed by atoms with Crippen LogP contribution in [0.1, 0.15) is 28.9 Å². The van der Waals surface area contributed by atoms with Gasteiger partial charge in [-0.1, -0.05) is 12.1 Å². The summed E-state index contributed by atoms with van der Waals surface area (Å²) in [5.41, 5.74) is 0.895. The van der Waals surface area contributed by atoms with Crippen LogP contribution in [0.2, 0.25) is 0 Å². The highest BCUT2D eigenvalue weighted by Gasteiger charge is 2.40. The van der Waals surface area contributed by atoms with Gasteiger partial charge in [0.2, 0.25) is 0 Å². The first-order chi connectivity index (χ1) is 9.63. The number of hydrogen-bond acceptors (Lipinski definition) is 5. The minimum absolute atomic E-state index is 0.231. The van der Waals surface area contributed by atoms with Crippen LogP contribution >= 0.6 is 0 Å². The number of esters is 1. The number of amides is 1. The molecule has 0 saturated carbocycles. The molecule has 0 N–H and O–H groups in total. The Morgan fingerprint density at radius 2 is 2.25 bits per heavy atom. The third kappa shape index (κ3) is 2.18. The van der Waals surface area contributed by atoms with Gasteiger partial charge in [-0.25, -0.2) is 0 Å². The molecular formula is C14H14N2O4. The molecule has 1 aliphatic heterocycles. The number of fused-ring (bicyclic) bond motifs is 1. The molecule has 2 rings (SSSR count). The van der Waals surface area contributed by atoms with E-state index in [2.05, 4.69) is 0 Å². The van der Waals surface area contributed by atoms with Crippen LogP contribution in [0.15, 0.2) is 18.2 Å². The molecule has 20 heavy (non-hydrogen) atoms. The second-order valence-corrected chi connectivity index (χ2v) is 4.19. The van der Waals surface area contributed by atoms with Gasteiger partial charge in [0.15, 0.2) is 0 Å². The van der Waals surface area contributed by atoms with Crippen LogP contribution in [-0.4, -0.2) is 37.0 Å². The molecule has 1 unspecified atom stereocenters. The summed E-state index contributed by atoms with van der Waals surface area (Å²) >= 11 is 0. The fraction of sp³-hybridized carbons (Fsp3) is 0.357. The highest BCUT2D eigenvalue weighted by atomic mass is 16.5. The molecule has 0 aromatic heterocycles. The number of carbonyl (C=O) groups is 2. The molecule has 0 fully saturated rings. The van der Waals surface area contributed by atoms with Crippen molar-refractivity contribution in [2.75, 3.05) is 20.3 Å². The fourth-order valence-corrected chi connectivity index (χ4v) is 2.25. The van der Waals surface area contributed by atoms with Gasteiger partial charge in [-0.05, 0) is 13.0 Å². The summed E-state index contributed by atoms with van der Waals surface area (Å²) in [6.45, 7) is 1.67. The van der Waals surface area contributed by atoms with E-state index in [9.17, 15) is 14.9 Å². The van der Waals surface area contributed by atoms with E-state index in [1.165, 1.54) is 12.0 Å².